The monoisotopic (exact) mass is 444 g/mol. The van der Waals surface area contributed by atoms with Crippen LogP contribution in [0.4, 0.5) is 0 Å². The minimum absolute atomic E-state index is 0.00181. The predicted octanol–water partition coefficient (Wildman–Crippen LogP) is 3.33. The van der Waals surface area contributed by atoms with Gasteiger partial charge in [0.1, 0.15) is 0 Å². The zero-order chi connectivity index (χ0) is 22.4. The lowest BCUT2D eigenvalue weighted by Crippen LogP contribution is -2.38. The number of ether oxygens (including phenoxy) is 1. The first-order valence-electron chi connectivity index (χ1n) is 10.5. The van der Waals surface area contributed by atoms with Crippen LogP contribution in [-0.2, 0) is 19.6 Å². The van der Waals surface area contributed by atoms with Gasteiger partial charge in [-0.25, -0.2) is 17.9 Å². The van der Waals surface area contributed by atoms with Gasteiger partial charge in [-0.2, -0.15) is 0 Å². The molecule has 7 nitrogen and oxygen atoms in total. The Morgan fingerprint density at radius 3 is 2.45 bits per heavy atom. The molecule has 2 unspecified atom stereocenters. The summed E-state index contributed by atoms with van der Waals surface area (Å²) in [5.74, 6) is -1.16. The Labute approximate surface area is 183 Å². The van der Waals surface area contributed by atoms with Crippen LogP contribution in [0.5, 0.6) is 0 Å². The zero-order valence-electron chi connectivity index (χ0n) is 17.7. The van der Waals surface area contributed by atoms with Crippen LogP contribution in [0.1, 0.15) is 61.5 Å². The van der Waals surface area contributed by atoms with Crippen LogP contribution in [0.15, 0.2) is 59.5 Å². The molecule has 0 heterocycles. The Bertz CT molecular complexity index is 1020. The maximum atomic E-state index is 12.6. The molecule has 1 fully saturated rings. The van der Waals surface area contributed by atoms with E-state index in [0.29, 0.717) is 0 Å². The molecule has 2 N–H and O–H groups in total. The van der Waals surface area contributed by atoms with Crippen molar-refractivity contribution in [2.24, 2.45) is 0 Å². The zero-order valence-corrected chi connectivity index (χ0v) is 18.5. The molecule has 8 heteroatoms. The number of nitrogens with one attached hydrogen (secondary N) is 2. The van der Waals surface area contributed by atoms with Crippen LogP contribution in [0.2, 0.25) is 0 Å². The Kier molecular flexibility index (Phi) is 7.46. The molecule has 0 spiro atoms. The van der Waals surface area contributed by atoms with E-state index in [4.69, 9.17) is 4.74 Å². The van der Waals surface area contributed by atoms with Gasteiger partial charge in [0.25, 0.3) is 5.91 Å². The summed E-state index contributed by atoms with van der Waals surface area (Å²) in [5, 5.41) is 2.93. The molecule has 3 rings (SSSR count). The minimum atomic E-state index is -3.69. The van der Waals surface area contributed by atoms with Crippen molar-refractivity contribution >= 4 is 21.9 Å². The van der Waals surface area contributed by atoms with Gasteiger partial charge in [-0.05, 0) is 49.9 Å². The smallest absolute Gasteiger partial charge is 0.338 e. The number of amides is 1. The van der Waals surface area contributed by atoms with E-state index in [-0.39, 0.29) is 22.5 Å². The third kappa shape index (κ3) is 6.38. The molecule has 1 aliphatic rings. The third-order valence-corrected chi connectivity index (χ3v) is 6.55. The summed E-state index contributed by atoms with van der Waals surface area (Å²) in [7, 11) is -3.69. The second-order valence-corrected chi connectivity index (χ2v) is 9.45. The number of esters is 1. The van der Waals surface area contributed by atoms with E-state index in [9.17, 15) is 18.0 Å². The van der Waals surface area contributed by atoms with Gasteiger partial charge in [0.15, 0.2) is 6.10 Å². The molecule has 31 heavy (non-hydrogen) atoms. The highest BCUT2D eigenvalue weighted by Crippen LogP contribution is 2.23. The maximum absolute atomic E-state index is 12.6. The highest BCUT2D eigenvalue weighted by molar-refractivity contribution is 7.89. The molecule has 0 saturated heterocycles. The first-order valence-corrected chi connectivity index (χ1v) is 12.0. The van der Waals surface area contributed by atoms with Gasteiger partial charge in [0.2, 0.25) is 10.0 Å². The van der Waals surface area contributed by atoms with Gasteiger partial charge in [-0.1, -0.05) is 49.7 Å². The van der Waals surface area contributed by atoms with Crippen LogP contribution in [0.3, 0.4) is 0 Å². The molecule has 2 atom stereocenters. The maximum Gasteiger partial charge on any atom is 0.338 e. The van der Waals surface area contributed by atoms with Crippen molar-refractivity contribution in [3.05, 3.63) is 65.7 Å². The summed E-state index contributed by atoms with van der Waals surface area (Å²) in [6.07, 6.45) is 2.24. The molecule has 166 valence electrons. The third-order valence-electron chi connectivity index (χ3n) is 5.03. The van der Waals surface area contributed by atoms with E-state index >= 15 is 0 Å². The highest BCUT2D eigenvalue weighted by Gasteiger charge is 2.29. The largest absolute Gasteiger partial charge is 0.449 e. The van der Waals surface area contributed by atoms with Crippen LogP contribution in [-0.4, -0.2) is 32.4 Å². The molecular weight excluding hydrogens is 416 g/mol. The summed E-state index contributed by atoms with van der Waals surface area (Å²) >= 11 is 0. The van der Waals surface area contributed by atoms with Gasteiger partial charge in [0, 0.05) is 6.04 Å². The molecule has 1 aliphatic carbocycles. The molecule has 2 aromatic rings. The average molecular weight is 445 g/mol. The number of carbonyl (C=O) groups excluding carboxylic acids is 2. The molecule has 0 aliphatic heterocycles. The van der Waals surface area contributed by atoms with Crippen molar-refractivity contribution in [3.8, 4) is 0 Å². The van der Waals surface area contributed by atoms with Crippen molar-refractivity contribution in [1.82, 2.24) is 10.0 Å². The number of hydrogen-bond donors (Lipinski definition) is 2. The normalized spacial score (nSPS) is 15.7. The van der Waals surface area contributed by atoms with Crippen molar-refractivity contribution in [2.45, 2.75) is 62.6 Å². The predicted molar refractivity (Wildman–Crippen MR) is 117 cm³/mol. The van der Waals surface area contributed by atoms with Gasteiger partial charge in [-0.3, -0.25) is 4.79 Å². The Hall–Kier alpha value is -2.71. The number of sulfonamides is 1. The van der Waals surface area contributed by atoms with Crippen molar-refractivity contribution in [1.29, 1.82) is 0 Å². The lowest BCUT2D eigenvalue weighted by molar-refractivity contribution is -0.129. The molecule has 0 aromatic heterocycles. The number of carbonyl (C=O) groups is 2. The Morgan fingerprint density at radius 2 is 1.81 bits per heavy atom. The highest BCUT2D eigenvalue weighted by atomic mass is 32.2. The number of rotatable bonds is 10. The fourth-order valence-corrected chi connectivity index (χ4v) is 4.50. The first kappa shape index (κ1) is 23.0. The van der Waals surface area contributed by atoms with Gasteiger partial charge >= 0.3 is 5.97 Å². The van der Waals surface area contributed by atoms with Crippen LogP contribution >= 0.6 is 0 Å². The van der Waals surface area contributed by atoms with E-state index in [1.54, 1.807) is 0 Å². The van der Waals surface area contributed by atoms with Crippen LogP contribution < -0.4 is 10.0 Å². The topological polar surface area (TPSA) is 102 Å². The Morgan fingerprint density at radius 1 is 1.10 bits per heavy atom. The van der Waals surface area contributed by atoms with E-state index < -0.39 is 28.0 Å². The number of benzene rings is 2. The standard InChI is InChI=1S/C23H28N2O5S/c1-3-8-21(17-9-5-4-6-10-17)24-22(26)16(2)30-23(27)18-11-7-12-20(15-18)31(28,29)25-19-13-14-19/h4-7,9-12,15-16,19,21,25H,3,8,13-14H2,1-2H3,(H,24,26). The molecular formula is C23H28N2O5S. The molecule has 2 aromatic carbocycles. The molecule has 0 bridgehead atoms. The van der Waals surface area contributed by atoms with Crippen molar-refractivity contribution in [2.75, 3.05) is 0 Å². The van der Waals surface area contributed by atoms with Gasteiger partial charge < -0.3 is 10.1 Å². The quantitative estimate of drug-likeness (QED) is 0.548. The fraction of sp³-hybridized carbons (Fsp3) is 0.391. The van der Waals surface area contributed by atoms with E-state index in [1.165, 1.54) is 31.2 Å². The lowest BCUT2D eigenvalue weighted by Gasteiger charge is -2.21. The Balaban J connectivity index is 1.64. The van der Waals surface area contributed by atoms with E-state index in [2.05, 4.69) is 10.0 Å². The van der Waals surface area contributed by atoms with Crippen molar-refractivity contribution < 1.29 is 22.7 Å². The van der Waals surface area contributed by atoms with Crippen LogP contribution in [0.25, 0.3) is 0 Å². The molecule has 1 amide bonds. The number of hydrogen-bond acceptors (Lipinski definition) is 5. The summed E-state index contributed by atoms with van der Waals surface area (Å²) in [6.45, 7) is 3.53. The summed E-state index contributed by atoms with van der Waals surface area (Å²) < 4.78 is 32.6. The molecule has 1 saturated carbocycles. The van der Waals surface area contributed by atoms with Gasteiger partial charge in [-0.15, -0.1) is 0 Å². The SMILES string of the molecule is CCCC(NC(=O)C(C)OC(=O)c1cccc(S(=O)(=O)NC2CC2)c1)c1ccccc1. The second kappa shape index (κ2) is 10.1. The van der Waals surface area contributed by atoms with Crippen LogP contribution in [0, 0.1) is 0 Å². The van der Waals surface area contributed by atoms with Gasteiger partial charge in [0.05, 0.1) is 16.5 Å². The molecule has 0 radical (unpaired) electrons. The van der Waals surface area contributed by atoms with Crippen molar-refractivity contribution in [3.63, 3.8) is 0 Å². The summed E-state index contributed by atoms with van der Waals surface area (Å²) in [4.78, 5) is 25.2. The average Bonchev–Trinajstić information content (AvgIpc) is 3.57. The second-order valence-electron chi connectivity index (χ2n) is 7.73. The fourth-order valence-electron chi connectivity index (χ4n) is 3.15. The summed E-state index contributed by atoms with van der Waals surface area (Å²) in [6, 6.07) is 15.0. The minimum Gasteiger partial charge on any atom is -0.449 e. The van der Waals surface area contributed by atoms with E-state index in [1.807, 2.05) is 37.3 Å². The van der Waals surface area contributed by atoms with E-state index in [0.717, 1.165) is 31.2 Å². The first-order chi connectivity index (χ1) is 14.8. The summed E-state index contributed by atoms with van der Waals surface area (Å²) in [5.41, 5.74) is 1.06. The lowest BCUT2D eigenvalue weighted by atomic mass is 10.0.